The van der Waals surface area contributed by atoms with Crippen LogP contribution < -0.4 is 21.3 Å². The van der Waals surface area contributed by atoms with Gasteiger partial charge < -0.3 is 40.6 Å². The van der Waals surface area contributed by atoms with Crippen molar-refractivity contribution < 1.29 is 32.3 Å². The summed E-state index contributed by atoms with van der Waals surface area (Å²) in [5.41, 5.74) is 2.62. The number of carbonyl (C=O) groups is 4. The standard InChI is InChI=1S/C41H54F3N9O4/c1-7-31(49-38(54)22(3)45-5)40(56)51-15-9-10-27(51)21-53-35-14-12-25(43)18-34(35)48-37(53)36-30(29-13-11-24(42)17-33(29)47-36)19-28-16-26(44)20-52(28)41(57)32(8-2)50-39(55)23(4)46-6/h11-14,17-18,22-23,26-28,31-32,45-47H,7-10,15-16,19-21H2,1-6H3,(H,49,54)(H,50,55)/t22-,23-,26-,27-,28-,31-,32-/m0/s1. The van der Waals surface area contributed by atoms with E-state index in [1.54, 1.807) is 51.9 Å². The number of amides is 4. The molecular weight excluding hydrogens is 740 g/mol. The van der Waals surface area contributed by atoms with E-state index in [9.17, 15) is 28.0 Å². The van der Waals surface area contributed by atoms with E-state index >= 15 is 4.39 Å². The van der Waals surface area contributed by atoms with Gasteiger partial charge in [-0.15, -0.1) is 0 Å². The maximum atomic E-state index is 15.3. The molecule has 2 fully saturated rings. The van der Waals surface area contributed by atoms with Gasteiger partial charge in [-0.25, -0.2) is 18.2 Å². The number of likely N-dealkylation sites (N-methyl/N-ethyl adjacent to an activating group) is 2. The van der Waals surface area contributed by atoms with Crippen LogP contribution in [0.25, 0.3) is 33.5 Å². The minimum atomic E-state index is -1.30. The van der Waals surface area contributed by atoms with E-state index in [2.05, 4.69) is 26.3 Å². The van der Waals surface area contributed by atoms with Gasteiger partial charge >= 0.3 is 0 Å². The second-order valence-electron chi connectivity index (χ2n) is 15.3. The number of fused-ring (bicyclic) bond motifs is 2. The quantitative estimate of drug-likeness (QED) is 0.122. The lowest BCUT2D eigenvalue weighted by Crippen LogP contribution is -2.53. The van der Waals surface area contributed by atoms with Crippen molar-refractivity contribution in [2.45, 2.75) is 115 Å². The van der Waals surface area contributed by atoms with Crippen LogP contribution in [0.2, 0.25) is 0 Å². The predicted octanol–water partition coefficient (Wildman–Crippen LogP) is 3.94. The van der Waals surface area contributed by atoms with Gasteiger partial charge in [0.25, 0.3) is 0 Å². The number of benzene rings is 2. The molecule has 2 saturated heterocycles. The number of nitrogens with one attached hydrogen (secondary N) is 5. The van der Waals surface area contributed by atoms with Crippen LogP contribution in [-0.2, 0) is 32.1 Å². The molecule has 57 heavy (non-hydrogen) atoms. The molecule has 0 radical (unpaired) electrons. The number of aromatic nitrogens is 3. The Morgan fingerprint density at radius 1 is 0.877 bits per heavy atom. The Labute approximate surface area is 330 Å². The molecule has 4 heterocycles. The number of halogens is 3. The number of imidazole rings is 1. The lowest BCUT2D eigenvalue weighted by Gasteiger charge is -2.30. The lowest BCUT2D eigenvalue weighted by atomic mass is 9.99. The van der Waals surface area contributed by atoms with Gasteiger partial charge in [-0.05, 0) is 95.9 Å². The monoisotopic (exact) mass is 793 g/mol. The number of rotatable bonds is 15. The Balaban J connectivity index is 1.38. The number of nitrogens with zero attached hydrogens (tertiary/aromatic N) is 4. The first kappa shape index (κ1) is 41.7. The summed E-state index contributed by atoms with van der Waals surface area (Å²) in [5.74, 6) is -1.74. The van der Waals surface area contributed by atoms with E-state index in [1.807, 2.05) is 11.5 Å². The number of aromatic amines is 1. The summed E-state index contributed by atoms with van der Waals surface area (Å²) >= 11 is 0. The van der Waals surface area contributed by atoms with Gasteiger partial charge in [0, 0.05) is 48.6 Å². The molecule has 308 valence electrons. The van der Waals surface area contributed by atoms with Crippen LogP contribution in [0, 0.1) is 11.6 Å². The van der Waals surface area contributed by atoms with Crippen LogP contribution in [-0.4, -0.2) is 118 Å². The summed E-state index contributed by atoms with van der Waals surface area (Å²) in [6, 6.07) is 5.16. The Hall–Kier alpha value is -4.96. The Bertz CT molecular complexity index is 2120. The fourth-order valence-electron chi connectivity index (χ4n) is 8.13. The molecule has 4 aromatic rings. The van der Waals surface area contributed by atoms with Crippen LogP contribution in [0.1, 0.15) is 65.4 Å². The molecule has 5 N–H and O–H groups in total. The third-order valence-corrected chi connectivity index (χ3v) is 11.6. The van der Waals surface area contributed by atoms with Crippen molar-refractivity contribution in [3.63, 3.8) is 0 Å². The molecule has 0 spiro atoms. The van der Waals surface area contributed by atoms with Gasteiger partial charge in [-0.3, -0.25) is 19.2 Å². The molecule has 4 amide bonds. The van der Waals surface area contributed by atoms with E-state index < -0.39 is 48.0 Å². The average Bonchev–Trinajstić information content (AvgIpc) is 3.99. The minimum Gasteiger partial charge on any atom is -0.352 e. The number of alkyl halides is 1. The maximum Gasteiger partial charge on any atom is 0.245 e. The lowest BCUT2D eigenvalue weighted by molar-refractivity contribution is -0.137. The predicted molar refractivity (Wildman–Crippen MR) is 212 cm³/mol. The molecule has 16 heteroatoms. The molecular formula is C41H54F3N9O4. The van der Waals surface area contributed by atoms with Gasteiger partial charge in [0.2, 0.25) is 23.6 Å². The highest BCUT2D eigenvalue weighted by Crippen LogP contribution is 2.37. The van der Waals surface area contributed by atoms with Crippen LogP contribution in [0.5, 0.6) is 0 Å². The van der Waals surface area contributed by atoms with Crippen molar-refractivity contribution in [3.8, 4) is 11.5 Å². The molecule has 0 unspecified atom stereocenters. The van der Waals surface area contributed by atoms with Crippen molar-refractivity contribution in [2.75, 3.05) is 27.2 Å². The van der Waals surface area contributed by atoms with Gasteiger partial charge in [0.15, 0.2) is 5.82 Å². The molecule has 2 aromatic heterocycles. The number of hydrogen-bond acceptors (Lipinski definition) is 7. The van der Waals surface area contributed by atoms with Crippen LogP contribution in [0.15, 0.2) is 36.4 Å². The first-order valence-corrected chi connectivity index (χ1v) is 19.9. The maximum absolute atomic E-state index is 15.3. The minimum absolute atomic E-state index is 0.0549. The summed E-state index contributed by atoms with van der Waals surface area (Å²) in [6.07, 6.45) is 1.06. The normalized spacial score (nSPS) is 20.5. The van der Waals surface area contributed by atoms with Gasteiger partial charge in [-0.2, -0.15) is 0 Å². The Morgan fingerprint density at radius 3 is 2.12 bits per heavy atom. The summed E-state index contributed by atoms with van der Waals surface area (Å²) in [4.78, 5) is 65.1. The molecule has 6 rings (SSSR count). The highest BCUT2D eigenvalue weighted by molar-refractivity contribution is 5.93. The Kier molecular flexibility index (Phi) is 12.9. The van der Waals surface area contributed by atoms with Gasteiger partial charge in [0.1, 0.15) is 29.9 Å². The highest BCUT2D eigenvalue weighted by atomic mass is 19.1. The molecule has 7 atom stereocenters. The van der Waals surface area contributed by atoms with E-state index in [4.69, 9.17) is 4.98 Å². The zero-order valence-electron chi connectivity index (χ0n) is 33.4. The van der Waals surface area contributed by atoms with Crippen molar-refractivity contribution in [1.29, 1.82) is 0 Å². The average molecular weight is 794 g/mol. The zero-order chi connectivity index (χ0) is 41.1. The summed E-state index contributed by atoms with van der Waals surface area (Å²) in [7, 11) is 3.32. The number of likely N-dealkylation sites (tertiary alicyclic amines) is 2. The first-order valence-electron chi connectivity index (χ1n) is 19.9. The third-order valence-electron chi connectivity index (χ3n) is 11.6. The number of hydrogen-bond donors (Lipinski definition) is 5. The van der Waals surface area contributed by atoms with E-state index in [-0.39, 0.29) is 55.6 Å². The highest BCUT2D eigenvalue weighted by Gasteiger charge is 2.40. The SMILES string of the molecule is CC[C@H](NC(=O)[C@H](C)NC)C(=O)N1CCC[C@H]1Cn1c(-c2[nH]c3cc(F)ccc3c2C[C@@H]2C[C@H](F)CN2C(=O)[C@H](CC)NC(=O)[C@H](C)NC)nc2cc(F)ccc21. The zero-order valence-corrected chi connectivity index (χ0v) is 33.4. The second kappa shape index (κ2) is 17.7. The molecule has 0 aliphatic carbocycles. The molecule has 2 aliphatic rings. The van der Waals surface area contributed by atoms with Crippen LogP contribution in [0.4, 0.5) is 13.2 Å². The smallest absolute Gasteiger partial charge is 0.245 e. The first-order chi connectivity index (χ1) is 27.3. The van der Waals surface area contributed by atoms with Crippen molar-refractivity contribution in [1.82, 2.24) is 45.6 Å². The van der Waals surface area contributed by atoms with Gasteiger partial charge in [-0.1, -0.05) is 13.8 Å². The number of H-pyrrole nitrogens is 1. The van der Waals surface area contributed by atoms with Crippen LogP contribution in [0.3, 0.4) is 0 Å². The second-order valence-corrected chi connectivity index (χ2v) is 15.3. The summed E-state index contributed by atoms with van der Waals surface area (Å²) in [5, 5.41) is 12.1. The fraction of sp³-hybridized carbons (Fsp3) is 0.537. The molecule has 2 aromatic carbocycles. The summed E-state index contributed by atoms with van der Waals surface area (Å²) in [6.45, 7) is 7.68. The molecule has 0 bridgehead atoms. The van der Waals surface area contributed by atoms with Gasteiger partial charge in [0.05, 0.1) is 35.4 Å². The third kappa shape index (κ3) is 8.66. The van der Waals surface area contributed by atoms with E-state index in [1.165, 1.54) is 29.2 Å². The van der Waals surface area contributed by atoms with Crippen molar-refractivity contribution in [3.05, 3.63) is 53.6 Å². The largest absolute Gasteiger partial charge is 0.352 e. The van der Waals surface area contributed by atoms with Crippen molar-refractivity contribution in [2.24, 2.45) is 0 Å². The number of carbonyl (C=O) groups excluding carboxylic acids is 4. The topological polar surface area (TPSA) is 156 Å². The molecule has 13 nitrogen and oxygen atoms in total. The van der Waals surface area contributed by atoms with Crippen LogP contribution >= 0.6 is 0 Å². The summed E-state index contributed by atoms with van der Waals surface area (Å²) < 4.78 is 46.7. The molecule has 2 aliphatic heterocycles. The van der Waals surface area contributed by atoms with E-state index in [0.717, 1.165) is 6.42 Å². The van der Waals surface area contributed by atoms with Crippen molar-refractivity contribution >= 4 is 45.6 Å². The Morgan fingerprint density at radius 2 is 1.49 bits per heavy atom. The molecule has 0 saturated carbocycles. The fourth-order valence-corrected chi connectivity index (χ4v) is 8.13. The van der Waals surface area contributed by atoms with E-state index in [0.29, 0.717) is 64.8 Å².